The molecule has 2 aromatic rings. The first-order chi connectivity index (χ1) is 9.56. The van der Waals surface area contributed by atoms with Gasteiger partial charge in [0.1, 0.15) is 17.3 Å². The van der Waals surface area contributed by atoms with E-state index in [2.05, 4.69) is 5.10 Å². The molecule has 0 bridgehead atoms. The number of hydrogen-bond donors (Lipinski definition) is 0. The molecule has 0 amide bonds. The topological polar surface area (TPSA) is 44.1 Å². The number of ether oxygens (including phenoxy) is 1. The summed E-state index contributed by atoms with van der Waals surface area (Å²) in [6.45, 7) is 0.540. The monoisotopic (exact) mass is 300 g/mol. The highest BCUT2D eigenvalue weighted by molar-refractivity contribution is 6.34. The SMILES string of the molecule is COCCn1ncc(Cl)c1C(=O)c1c(F)cccc1F. The molecule has 0 radical (unpaired) electrons. The second-order valence-electron chi connectivity index (χ2n) is 3.98. The fourth-order valence-corrected chi connectivity index (χ4v) is 2.00. The van der Waals surface area contributed by atoms with Crippen LogP contribution in [-0.2, 0) is 11.3 Å². The average molecular weight is 301 g/mol. The third-order valence-electron chi connectivity index (χ3n) is 2.71. The van der Waals surface area contributed by atoms with E-state index >= 15 is 0 Å². The van der Waals surface area contributed by atoms with Gasteiger partial charge in [0, 0.05) is 7.11 Å². The van der Waals surface area contributed by atoms with Crippen molar-refractivity contribution in [1.82, 2.24) is 9.78 Å². The molecular formula is C13H11ClF2N2O2. The number of halogens is 3. The van der Waals surface area contributed by atoms with E-state index in [4.69, 9.17) is 16.3 Å². The summed E-state index contributed by atoms with van der Waals surface area (Å²) in [5, 5.41) is 3.93. The van der Waals surface area contributed by atoms with E-state index in [0.717, 1.165) is 12.1 Å². The lowest BCUT2D eigenvalue weighted by molar-refractivity contribution is 0.101. The first-order valence-corrected chi connectivity index (χ1v) is 6.13. The van der Waals surface area contributed by atoms with Gasteiger partial charge in [-0.2, -0.15) is 5.10 Å². The minimum absolute atomic E-state index is 0.0359. The van der Waals surface area contributed by atoms with E-state index in [1.54, 1.807) is 0 Å². The van der Waals surface area contributed by atoms with Crippen LogP contribution in [0.5, 0.6) is 0 Å². The van der Waals surface area contributed by atoms with Gasteiger partial charge < -0.3 is 4.74 Å². The summed E-state index contributed by atoms with van der Waals surface area (Å²) in [6.07, 6.45) is 1.25. The lowest BCUT2D eigenvalue weighted by atomic mass is 10.1. The Hall–Kier alpha value is -1.79. The van der Waals surface area contributed by atoms with Crippen molar-refractivity contribution in [2.24, 2.45) is 0 Å². The highest BCUT2D eigenvalue weighted by Gasteiger charge is 2.24. The number of carbonyl (C=O) groups is 1. The van der Waals surface area contributed by atoms with Crippen molar-refractivity contribution in [2.75, 3.05) is 13.7 Å². The van der Waals surface area contributed by atoms with E-state index in [0.29, 0.717) is 0 Å². The molecule has 1 aromatic heterocycles. The Balaban J connectivity index is 2.46. The molecule has 0 spiro atoms. The Morgan fingerprint density at radius 1 is 1.40 bits per heavy atom. The van der Waals surface area contributed by atoms with Crippen LogP contribution in [-0.4, -0.2) is 29.3 Å². The van der Waals surface area contributed by atoms with Crippen molar-refractivity contribution < 1.29 is 18.3 Å². The predicted octanol–water partition coefficient (Wildman–Crippen LogP) is 2.69. The van der Waals surface area contributed by atoms with Gasteiger partial charge in [-0.05, 0) is 12.1 Å². The lowest BCUT2D eigenvalue weighted by Gasteiger charge is -2.08. The molecule has 0 atom stereocenters. The number of nitrogens with zero attached hydrogens (tertiary/aromatic N) is 2. The third kappa shape index (κ3) is 2.71. The highest BCUT2D eigenvalue weighted by Crippen LogP contribution is 2.22. The van der Waals surface area contributed by atoms with Gasteiger partial charge in [-0.15, -0.1) is 0 Å². The van der Waals surface area contributed by atoms with E-state index in [-0.39, 0.29) is 23.9 Å². The van der Waals surface area contributed by atoms with Crippen LogP contribution in [0.2, 0.25) is 5.02 Å². The van der Waals surface area contributed by atoms with Crippen molar-refractivity contribution in [3.05, 3.63) is 52.3 Å². The van der Waals surface area contributed by atoms with Crippen molar-refractivity contribution in [3.8, 4) is 0 Å². The molecule has 106 valence electrons. The zero-order chi connectivity index (χ0) is 14.7. The van der Waals surface area contributed by atoms with Crippen LogP contribution < -0.4 is 0 Å². The van der Waals surface area contributed by atoms with Crippen molar-refractivity contribution in [2.45, 2.75) is 6.54 Å². The van der Waals surface area contributed by atoms with E-state index in [9.17, 15) is 13.6 Å². The van der Waals surface area contributed by atoms with Gasteiger partial charge in [-0.3, -0.25) is 9.48 Å². The van der Waals surface area contributed by atoms with Gasteiger partial charge in [0.2, 0.25) is 5.78 Å². The Labute approximate surface area is 118 Å². The number of aromatic nitrogens is 2. The summed E-state index contributed by atoms with van der Waals surface area (Å²) in [5.41, 5.74) is -0.707. The second kappa shape index (κ2) is 6.11. The first-order valence-electron chi connectivity index (χ1n) is 5.75. The summed E-state index contributed by atoms with van der Waals surface area (Å²) < 4.78 is 33.4. The molecular weight excluding hydrogens is 290 g/mol. The van der Waals surface area contributed by atoms with Gasteiger partial charge in [-0.25, -0.2) is 8.78 Å². The van der Waals surface area contributed by atoms with Gasteiger partial charge in [0.05, 0.1) is 29.9 Å². The van der Waals surface area contributed by atoms with E-state index < -0.39 is 23.0 Å². The maximum absolute atomic E-state index is 13.6. The van der Waals surface area contributed by atoms with Crippen LogP contribution in [0.25, 0.3) is 0 Å². The van der Waals surface area contributed by atoms with Gasteiger partial charge in [0.25, 0.3) is 0 Å². The number of carbonyl (C=O) groups excluding carboxylic acids is 1. The summed E-state index contributed by atoms with van der Waals surface area (Å²) >= 11 is 5.88. The zero-order valence-corrected chi connectivity index (χ0v) is 11.3. The molecule has 0 aliphatic heterocycles. The molecule has 20 heavy (non-hydrogen) atoms. The molecule has 0 unspecified atom stereocenters. The zero-order valence-electron chi connectivity index (χ0n) is 10.6. The molecule has 1 heterocycles. The van der Waals surface area contributed by atoms with Crippen molar-refractivity contribution >= 4 is 17.4 Å². The fourth-order valence-electron chi connectivity index (χ4n) is 1.77. The van der Waals surface area contributed by atoms with Crippen LogP contribution in [0.1, 0.15) is 16.1 Å². The summed E-state index contributed by atoms with van der Waals surface area (Å²) in [4.78, 5) is 12.3. The van der Waals surface area contributed by atoms with Gasteiger partial charge >= 0.3 is 0 Å². The standard InChI is InChI=1S/C13H11ClF2N2O2/c1-20-6-5-18-12(8(14)7-17-18)13(19)11-9(15)3-2-4-10(11)16/h2-4,7H,5-6H2,1H3. The van der Waals surface area contributed by atoms with Gasteiger partial charge in [0.15, 0.2) is 0 Å². The molecule has 0 saturated heterocycles. The Bertz CT molecular complexity index is 623. The largest absolute Gasteiger partial charge is 0.383 e. The Kier molecular flexibility index (Phi) is 4.46. The maximum Gasteiger partial charge on any atom is 0.218 e. The Morgan fingerprint density at radius 3 is 2.65 bits per heavy atom. The number of methoxy groups -OCH3 is 1. The van der Waals surface area contributed by atoms with Crippen LogP contribution in [0, 0.1) is 11.6 Å². The number of benzene rings is 1. The first kappa shape index (κ1) is 14.6. The van der Waals surface area contributed by atoms with Crippen LogP contribution in [0.3, 0.4) is 0 Å². The maximum atomic E-state index is 13.6. The van der Waals surface area contributed by atoms with Crippen molar-refractivity contribution in [1.29, 1.82) is 0 Å². The predicted molar refractivity (Wildman–Crippen MR) is 68.9 cm³/mol. The molecule has 4 nitrogen and oxygen atoms in total. The highest BCUT2D eigenvalue weighted by atomic mass is 35.5. The molecule has 0 saturated carbocycles. The molecule has 0 fully saturated rings. The normalized spacial score (nSPS) is 10.8. The fraction of sp³-hybridized carbons (Fsp3) is 0.231. The Morgan fingerprint density at radius 2 is 2.05 bits per heavy atom. The van der Waals surface area contributed by atoms with Crippen LogP contribution in [0.4, 0.5) is 8.78 Å². The summed E-state index contributed by atoms with van der Waals surface area (Å²) in [5.74, 6) is -2.73. The molecule has 0 aliphatic carbocycles. The summed E-state index contributed by atoms with van der Waals surface area (Å²) in [6, 6.07) is 3.21. The summed E-state index contributed by atoms with van der Waals surface area (Å²) in [7, 11) is 1.49. The van der Waals surface area contributed by atoms with Crippen molar-refractivity contribution in [3.63, 3.8) is 0 Å². The third-order valence-corrected chi connectivity index (χ3v) is 2.98. The average Bonchev–Trinajstić information content (AvgIpc) is 2.77. The van der Waals surface area contributed by atoms with Crippen LogP contribution in [0.15, 0.2) is 24.4 Å². The van der Waals surface area contributed by atoms with Crippen LogP contribution >= 0.6 is 11.6 Å². The molecule has 0 aliphatic rings. The van der Waals surface area contributed by atoms with Gasteiger partial charge in [-0.1, -0.05) is 17.7 Å². The molecule has 7 heteroatoms. The molecule has 2 rings (SSSR count). The van der Waals surface area contributed by atoms with E-state index in [1.165, 1.54) is 24.1 Å². The minimum Gasteiger partial charge on any atom is -0.383 e. The lowest BCUT2D eigenvalue weighted by Crippen LogP contribution is -2.16. The smallest absolute Gasteiger partial charge is 0.218 e. The van der Waals surface area contributed by atoms with E-state index in [1.807, 2.05) is 0 Å². The quantitative estimate of drug-likeness (QED) is 0.798. The second-order valence-corrected chi connectivity index (χ2v) is 4.39. The number of ketones is 1. The minimum atomic E-state index is -0.939. The molecule has 1 aromatic carbocycles. The number of hydrogen-bond acceptors (Lipinski definition) is 3. The number of rotatable bonds is 5. The molecule has 0 N–H and O–H groups in total.